The van der Waals surface area contributed by atoms with Crippen LogP contribution in [0.25, 0.3) is 0 Å². The fourth-order valence-corrected chi connectivity index (χ4v) is 4.24. The molecule has 2 aliphatic heterocycles. The fraction of sp³-hybridized carbons (Fsp3) is 0.318. The van der Waals surface area contributed by atoms with Crippen molar-refractivity contribution < 1.29 is 4.52 Å². The molecule has 7 nitrogen and oxygen atoms in total. The number of benzene rings is 2. The van der Waals surface area contributed by atoms with Crippen molar-refractivity contribution in [1.82, 2.24) is 32.0 Å². The maximum atomic E-state index is 5.82. The smallest absolute Gasteiger partial charge is 0.142 e. The van der Waals surface area contributed by atoms with Crippen LogP contribution in [-0.2, 0) is 13.0 Å². The summed E-state index contributed by atoms with van der Waals surface area (Å²) in [5, 5.41) is 4.58. The minimum Gasteiger partial charge on any atom is -0.361 e. The zero-order valence-corrected chi connectivity index (χ0v) is 16.3. The first-order valence-electron chi connectivity index (χ1n) is 10.2. The quantitative estimate of drug-likeness (QED) is 0.513. The molecule has 4 N–H and O–H groups in total. The van der Waals surface area contributed by atoms with Gasteiger partial charge in [0.15, 0.2) is 0 Å². The van der Waals surface area contributed by atoms with Gasteiger partial charge in [-0.1, -0.05) is 65.8 Å². The van der Waals surface area contributed by atoms with Gasteiger partial charge in [0, 0.05) is 31.6 Å². The van der Waals surface area contributed by atoms with Gasteiger partial charge in [0.05, 0.1) is 12.1 Å². The summed E-state index contributed by atoms with van der Waals surface area (Å²) in [4.78, 5) is 2.48. The molecule has 0 amide bonds. The number of hydrogen-bond acceptors (Lipinski definition) is 7. The minimum absolute atomic E-state index is 0.0800. The maximum absolute atomic E-state index is 5.82. The van der Waals surface area contributed by atoms with Gasteiger partial charge >= 0.3 is 0 Å². The highest BCUT2D eigenvalue weighted by Gasteiger charge is 2.30. The molecule has 5 rings (SSSR count). The summed E-state index contributed by atoms with van der Waals surface area (Å²) in [6, 6.07) is 21.2. The molecule has 1 aromatic heterocycles. The topological polar surface area (TPSA) is 77.4 Å². The molecule has 0 spiro atoms. The number of fused-ring (bicyclic) bond motifs is 1. The van der Waals surface area contributed by atoms with E-state index in [0.717, 1.165) is 43.9 Å². The van der Waals surface area contributed by atoms with E-state index in [1.165, 1.54) is 16.7 Å². The molecule has 150 valence electrons. The second-order valence-corrected chi connectivity index (χ2v) is 7.63. The van der Waals surface area contributed by atoms with E-state index in [-0.39, 0.29) is 12.1 Å². The van der Waals surface area contributed by atoms with E-state index in [1.54, 1.807) is 0 Å². The third-order valence-corrected chi connectivity index (χ3v) is 5.77. The summed E-state index contributed by atoms with van der Waals surface area (Å²) in [5.74, 6) is 1.12. The third kappa shape index (κ3) is 3.96. The lowest BCUT2D eigenvalue weighted by atomic mass is 9.85. The van der Waals surface area contributed by atoms with E-state index in [2.05, 4.69) is 92.6 Å². The molecule has 1 fully saturated rings. The number of nitrogens with zero attached hydrogens (tertiary/aromatic N) is 2. The SMILES string of the molecule is c1ccc(C(c2ccccc2)c2noc3c2CN(CCC2NNNN2)CC3)cc1. The van der Waals surface area contributed by atoms with E-state index in [4.69, 9.17) is 4.52 Å². The summed E-state index contributed by atoms with van der Waals surface area (Å²) in [7, 11) is 0. The van der Waals surface area contributed by atoms with Gasteiger partial charge in [-0.05, 0) is 17.5 Å². The number of hydrogen-bond donors (Lipinski definition) is 4. The second kappa shape index (κ2) is 8.44. The second-order valence-electron chi connectivity index (χ2n) is 7.63. The Labute approximate surface area is 170 Å². The predicted octanol–water partition coefficient (Wildman–Crippen LogP) is 2.05. The Kier molecular flexibility index (Phi) is 5.38. The summed E-state index contributed by atoms with van der Waals surface area (Å²) in [6.07, 6.45) is 2.12. The van der Waals surface area contributed by atoms with Gasteiger partial charge in [-0.25, -0.2) is 10.9 Å². The van der Waals surface area contributed by atoms with Crippen LogP contribution in [0.3, 0.4) is 0 Å². The number of aromatic nitrogens is 1. The van der Waals surface area contributed by atoms with Crippen LogP contribution in [0.15, 0.2) is 65.2 Å². The van der Waals surface area contributed by atoms with Crippen LogP contribution >= 0.6 is 0 Å². The molecule has 2 aliphatic rings. The zero-order valence-electron chi connectivity index (χ0n) is 16.3. The average Bonchev–Trinajstić information content (AvgIpc) is 3.44. The molecule has 3 aromatic rings. The normalized spacial score (nSPS) is 17.7. The van der Waals surface area contributed by atoms with Crippen molar-refractivity contribution in [2.24, 2.45) is 0 Å². The predicted molar refractivity (Wildman–Crippen MR) is 110 cm³/mol. The van der Waals surface area contributed by atoms with Crippen LogP contribution in [0, 0.1) is 0 Å². The summed E-state index contributed by atoms with van der Waals surface area (Å²) in [5.41, 5.74) is 16.8. The fourth-order valence-electron chi connectivity index (χ4n) is 4.24. The molecule has 0 aliphatic carbocycles. The zero-order chi connectivity index (χ0) is 19.5. The van der Waals surface area contributed by atoms with Crippen molar-refractivity contribution in [2.75, 3.05) is 13.1 Å². The number of rotatable bonds is 6. The Morgan fingerprint density at radius 2 is 1.62 bits per heavy atom. The molecule has 7 heteroatoms. The van der Waals surface area contributed by atoms with Crippen LogP contribution < -0.4 is 21.9 Å². The largest absolute Gasteiger partial charge is 0.361 e. The van der Waals surface area contributed by atoms with Crippen molar-refractivity contribution in [2.45, 2.75) is 31.5 Å². The lowest BCUT2D eigenvalue weighted by Gasteiger charge is -2.28. The number of hydrazine groups is 3. The van der Waals surface area contributed by atoms with Gasteiger partial charge in [0.2, 0.25) is 0 Å². The van der Waals surface area contributed by atoms with Crippen molar-refractivity contribution in [3.63, 3.8) is 0 Å². The summed E-state index contributed by atoms with van der Waals surface area (Å²) >= 11 is 0. The van der Waals surface area contributed by atoms with Crippen LogP contribution in [0.4, 0.5) is 0 Å². The molecule has 2 aromatic carbocycles. The molecule has 0 unspecified atom stereocenters. The van der Waals surface area contributed by atoms with Crippen molar-refractivity contribution in [3.8, 4) is 0 Å². The van der Waals surface area contributed by atoms with Crippen molar-refractivity contribution in [1.29, 1.82) is 0 Å². The first-order valence-corrected chi connectivity index (χ1v) is 10.2. The molecule has 0 bridgehead atoms. The molecular weight excluding hydrogens is 364 g/mol. The highest BCUT2D eigenvalue weighted by Crippen LogP contribution is 2.36. The Morgan fingerprint density at radius 3 is 2.28 bits per heavy atom. The van der Waals surface area contributed by atoms with Crippen LogP contribution in [0.1, 0.15) is 40.5 Å². The molecule has 29 heavy (non-hydrogen) atoms. The van der Waals surface area contributed by atoms with Gasteiger partial charge in [-0.2, -0.15) is 11.1 Å². The highest BCUT2D eigenvalue weighted by molar-refractivity contribution is 5.44. The maximum Gasteiger partial charge on any atom is 0.142 e. The van der Waals surface area contributed by atoms with E-state index < -0.39 is 0 Å². The molecule has 1 saturated heterocycles. The molecule has 3 heterocycles. The minimum atomic E-state index is 0.0800. The van der Waals surface area contributed by atoms with E-state index in [0.29, 0.717) is 0 Å². The first-order chi connectivity index (χ1) is 14.4. The van der Waals surface area contributed by atoms with E-state index >= 15 is 0 Å². The molecule has 0 atom stereocenters. The van der Waals surface area contributed by atoms with Crippen LogP contribution in [0.2, 0.25) is 0 Å². The lowest BCUT2D eigenvalue weighted by Crippen LogP contribution is -2.39. The Balaban J connectivity index is 1.42. The monoisotopic (exact) mass is 390 g/mol. The van der Waals surface area contributed by atoms with Gasteiger partial charge in [-0.15, -0.1) is 0 Å². The Bertz CT molecular complexity index is 883. The molecule has 0 saturated carbocycles. The Morgan fingerprint density at radius 1 is 0.966 bits per heavy atom. The van der Waals surface area contributed by atoms with E-state index in [1.807, 2.05) is 0 Å². The average molecular weight is 390 g/mol. The highest BCUT2D eigenvalue weighted by atomic mass is 16.5. The summed E-state index contributed by atoms with van der Waals surface area (Å²) < 4.78 is 5.82. The third-order valence-electron chi connectivity index (χ3n) is 5.77. The van der Waals surface area contributed by atoms with Crippen LogP contribution in [0.5, 0.6) is 0 Å². The Hall–Kier alpha value is -2.55. The van der Waals surface area contributed by atoms with Crippen LogP contribution in [-0.4, -0.2) is 29.3 Å². The van der Waals surface area contributed by atoms with Gasteiger partial charge in [0.25, 0.3) is 0 Å². The van der Waals surface area contributed by atoms with Crippen molar-refractivity contribution in [3.05, 3.63) is 88.8 Å². The van der Waals surface area contributed by atoms with Gasteiger partial charge < -0.3 is 4.52 Å². The summed E-state index contributed by atoms with van der Waals surface area (Å²) in [6.45, 7) is 2.87. The standard InChI is InChI=1S/C22H26N6O/c1-3-7-16(8-4-1)21(17-9-5-2-6-10-17)22-18-15-28(13-11-19(18)29-25-22)14-12-20-23-26-27-24-20/h1-10,20-21,23-24,26-27H,11-15H2. The van der Waals surface area contributed by atoms with Gasteiger partial charge in [0.1, 0.15) is 11.5 Å². The lowest BCUT2D eigenvalue weighted by molar-refractivity contribution is 0.222. The number of nitrogens with one attached hydrogen (secondary N) is 4. The first kappa shape index (κ1) is 18.5. The molecular formula is C22H26N6O. The molecule has 0 radical (unpaired) electrons. The van der Waals surface area contributed by atoms with Crippen molar-refractivity contribution >= 4 is 0 Å². The van der Waals surface area contributed by atoms with E-state index in [9.17, 15) is 0 Å². The van der Waals surface area contributed by atoms with Gasteiger partial charge in [-0.3, -0.25) is 4.90 Å².